The number of carbonyl (C=O) groups is 1. The van der Waals surface area contributed by atoms with E-state index < -0.39 is 5.91 Å². The number of halogens is 1. The van der Waals surface area contributed by atoms with Crippen molar-refractivity contribution in [3.8, 4) is 22.9 Å². The van der Waals surface area contributed by atoms with E-state index in [1.54, 1.807) is 29.9 Å². The Labute approximate surface area is 216 Å². The number of carbonyl (C=O) groups excluding carboxylic acids is 1. The van der Waals surface area contributed by atoms with E-state index >= 15 is 0 Å². The number of benzene rings is 3. The first kappa shape index (κ1) is 23.7. The highest BCUT2D eigenvalue weighted by atomic mass is 79.9. The molecule has 2 heterocycles. The van der Waals surface area contributed by atoms with Crippen LogP contribution in [0.5, 0.6) is 11.6 Å². The van der Waals surface area contributed by atoms with Gasteiger partial charge in [-0.05, 0) is 48.9 Å². The van der Waals surface area contributed by atoms with Crippen LogP contribution in [0, 0.1) is 0 Å². The van der Waals surface area contributed by atoms with Gasteiger partial charge in [-0.25, -0.2) is 4.98 Å². The summed E-state index contributed by atoms with van der Waals surface area (Å²) in [6.07, 6.45) is 0.839. The summed E-state index contributed by atoms with van der Waals surface area (Å²) < 4.78 is 8.10. The van der Waals surface area contributed by atoms with Crippen LogP contribution in [0.25, 0.3) is 33.1 Å². The van der Waals surface area contributed by atoms with Crippen molar-refractivity contribution in [1.29, 1.82) is 0 Å². The number of rotatable bonds is 6. The van der Waals surface area contributed by atoms with Gasteiger partial charge in [0.2, 0.25) is 5.88 Å². The molecule has 0 radical (unpaired) electrons. The van der Waals surface area contributed by atoms with Crippen molar-refractivity contribution in [3.63, 3.8) is 0 Å². The second kappa shape index (κ2) is 9.91. The maximum Gasteiger partial charge on any atom is 0.296 e. The minimum atomic E-state index is -0.541. The third-order valence-electron chi connectivity index (χ3n) is 5.99. The summed E-state index contributed by atoms with van der Waals surface area (Å²) in [6, 6.07) is 22.3. The maximum absolute atomic E-state index is 13.4. The Kier molecular flexibility index (Phi) is 6.52. The SMILES string of the molecule is CCCn1c(O)c(N=NC(=O)c2cc(-c3ccc(Br)cc3)nc3ccc(OC)cc23)c2ccccc21. The molecule has 0 atom stereocenters. The lowest BCUT2D eigenvalue weighted by molar-refractivity contribution is 0.0996. The van der Waals surface area contributed by atoms with Crippen LogP contribution >= 0.6 is 15.9 Å². The predicted molar refractivity (Wildman–Crippen MR) is 144 cm³/mol. The molecule has 0 unspecified atom stereocenters. The summed E-state index contributed by atoms with van der Waals surface area (Å²) >= 11 is 3.45. The molecule has 1 N–H and O–H groups in total. The van der Waals surface area contributed by atoms with Gasteiger partial charge in [0.1, 0.15) is 5.75 Å². The summed E-state index contributed by atoms with van der Waals surface area (Å²) in [7, 11) is 1.57. The Balaban J connectivity index is 1.62. The smallest absolute Gasteiger partial charge is 0.296 e. The van der Waals surface area contributed by atoms with Crippen LogP contribution in [0.3, 0.4) is 0 Å². The zero-order valence-electron chi connectivity index (χ0n) is 19.8. The lowest BCUT2D eigenvalue weighted by Gasteiger charge is -2.09. The largest absolute Gasteiger partial charge is 0.497 e. The topological polar surface area (TPSA) is 89.1 Å². The van der Waals surface area contributed by atoms with Gasteiger partial charge >= 0.3 is 0 Å². The summed E-state index contributed by atoms with van der Waals surface area (Å²) in [5.41, 5.74) is 3.60. The number of aromatic hydroxyl groups is 1. The van der Waals surface area contributed by atoms with E-state index in [1.807, 2.05) is 61.5 Å². The molecule has 0 saturated heterocycles. The van der Waals surface area contributed by atoms with E-state index in [0.717, 1.165) is 27.4 Å². The number of para-hydroxylation sites is 1. The van der Waals surface area contributed by atoms with Crippen LogP contribution in [0.1, 0.15) is 23.7 Å². The molecule has 5 rings (SSSR count). The van der Waals surface area contributed by atoms with E-state index in [-0.39, 0.29) is 11.6 Å². The van der Waals surface area contributed by atoms with E-state index in [9.17, 15) is 9.90 Å². The van der Waals surface area contributed by atoms with Gasteiger partial charge in [-0.15, -0.1) is 10.2 Å². The summed E-state index contributed by atoms with van der Waals surface area (Å²) in [6.45, 7) is 2.66. The van der Waals surface area contributed by atoms with Crippen LogP contribution in [0.2, 0.25) is 0 Å². The average Bonchev–Trinajstić information content (AvgIpc) is 3.17. The highest BCUT2D eigenvalue weighted by Crippen LogP contribution is 2.39. The monoisotopic (exact) mass is 542 g/mol. The predicted octanol–water partition coefficient (Wildman–Crippen LogP) is 7.67. The molecule has 0 aliphatic heterocycles. The van der Waals surface area contributed by atoms with Crippen molar-refractivity contribution in [2.75, 3.05) is 7.11 Å². The fourth-order valence-corrected chi connectivity index (χ4v) is 4.51. The number of amides is 1. The van der Waals surface area contributed by atoms with Gasteiger partial charge in [0.05, 0.1) is 29.4 Å². The summed E-state index contributed by atoms with van der Waals surface area (Å²) in [4.78, 5) is 18.2. The molecule has 7 nitrogen and oxygen atoms in total. The van der Waals surface area contributed by atoms with Crippen LogP contribution in [-0.2, 0) is 6.54 Å². The molecule has 36 heavy (non-hydrogen) atoms. The quantitative estimate of drug-likeness (QED) is 0.223. The van der Waals surface area contributed by atoms with Crippen LogP contribution in [0.4, 0.5) is 5.69 Å². The highest BCUT2D eigenvalue weighted by molar-refractivity contribution is 9.10. The van der Waals surface area contributed by atoms with Gasteiger partial charge in [0, 0.05) is 27.4 Å². The van der Waals surface area contributed by atoms with Gasteiger partial charge in [0.25, 0.3) is 5.91 Å². The summed E-state index contributed by atoms with van der Waals surface area (Å²) in [5, 5.41) is 20.5. The lowest BCUT2D eigenvalue weighted by atomic mass is 10.0. The van der Waals surface area contributed by atoms with E-state index in [2.05, 4.69) is 26.2 Å². The highest BCUT2D eigenvalue weighted by Gasteiger charge is 2.18. The first-order valence-electron chi connectivity index (χ1n) is 11.5. The third kappa shape index (κ3) is 4.35. The zero-order valence-corrected chi connectivity index (χ0v) is 21.4. The average molecular weight is 543 g/mol. The first-order valence-corrected chi connectivity index (χ1v) is 12.3. The molecule has 0 aliphatic carbocycles. The lowest BCUT2D eigenvalue weighted by Crippen LogP contribution is -1.99. The molecule has 1 amide bonds. The number of pyridine rings is 1. The Morgan fingerprint density at radius 2 is 1.83 bits per heavy atom. The van der Waals surface area contributed by atoms with Crippen LogP contribution in [0.15, 0.2) is 87.5 Å². The molecular formula is C28H23BrN4O3. The van der Waals surface area contributed by atoms with E-state index in [1.165, 1.54) is 0 Å². The number of hydrogen-bond donors (Lipinski definition) is 1. The molecular weight excluding hydrogens is 520 g/mol. The van der Waals surface area contributed by atoms with Crippen molar-refractivity contribution >= 4 is 49.3 Å². The number of azo groups is 1. The zero-order chi connectivity index (χ0) is 25.2. The number of hydrogen-bond acceptors (Lipinski definition) is 5. The number of aromatic nitrogens is 2. The Bertz CT molecular complexity index is 1620. The Morgan fingerprint density at radius 1 is 1.06 bits per heavy atom. The van der Waals surface area contributed by atoms with Gasteiger partial charge in [-0.2, -0.15) is 0 Å². The maximum atomic E-state index is 13.4. The molecule has 180 valence electrons. The van der Waals surface area contributed by atoms with Gasteiger partial charge in [0.15, 0.2) is 5.69 Å². The van der Waals surface area contributed by atoms with Crippen LogP contribution in [-0.4, -0.2) is 27.7 Å². The van der Waals surface area contributed by atoms with Gasteiger partial charge in [-0.1, -0.05) is 53.2 Å². The van der Waals surface area contributed by atoms with Crippen molar-refractivity contribution in [2.45, 2.75) is 19.9 Å². The fraction of sp³-hybridized carbons (Fsp3) is 0.143. The molecule has 0 spiro atoms. The van der Waals surface area contributed by atoms with Gasteiger partial charge < -0.3 is 14.4 Å². The van der Waals surface area contributed by atoms with Gasteiger partial charge in [-0.3, -0.25) is 4.79 Å². The number of aryl methyl sites for hydroxylation is 1. The summed E-state index contributed by atoms with van der Waals surface area (Å²) in [5.74, 6) is 0.0547. The Hall–Kier alpha value is -4.04. The molecule has 8 heteroatoms. The fourth-order valence-electron chi connectivity index (χ4n) is 4.25. The Morgan fingerprint density at radius 3 is 2.58 bits per heavy atom. The second-order valence-corrected chi connectivity index (χ2v) is 9.21. The molecule has 0 bridgehead atoms. The molecule has 2 aromatic heterocycles. The second-order valence-electron chi connectivity index (χ2n) is 8.29. The molecule has 0 aliphatic rings. The molecule has 3 aromatic carbocycles. The van der Waals surface area contributed by atoms with E-state index in [4.69, 9.17) is 9.72 Å². The van der Waals surface area contributed by atoms with Crippen LogP contribution < -0.4 is 4.74 Å². The van der Waals surface area contributed by atoms with E-state index in [0.29, 0.717) is 34.5 Å². The number of methoxy groups -OCH3 is 1. The normalized spacial score (nSPS) is 11.5. The van der Waals surface area contributed by atoms with Crippen molar-refractivity contribution in [3.05, 3.63) is 82.8 Å². The number of ether oxygens (including phenoxy) is 1. The van der Waals surface area contributed by atoms with Crippen molar-refractivity contribution in [2.24, 2.45) is 10.2 Å². The minimum absolute atomic E-state index is 0.00796. The number of nitrogens with zero attached hydrogens (tertiary/aromatic N) is 4. The molecule has 5 aromatic rings. The van der Waals surface area contributed by atoms with Crippen molar-refractivity contribution < 1.29 is 14.6 Å². The molecule has 0 fully saturated rings. The number of fused-ring (bicyclic) bond motifs is 2. The van der Waals surface area contributed by atoms with Crippen molar-refractivity contribution in [1.82, 2.24) is 9.55 Å². The third-order valence-corrected chi connectivity index (χ3v) is 6.52. The first-order chi connectivity index (χ1) is 17.5. The standard InChI is InChI=1S/C28H23BrN4O3/c1-3-14-33-25-7-5-4-6-20(25)26(28(33)35)31-32-27(34)22-16-24(17-8-10-18(29)11-9-17)30-23-13-12-19(36-2)15-21(22)23/h4-13,15-16,35H,3,14H2,1-2H3. The minimum Gasteiger partial charge on any atom is -0.497 e. The molecule has 0 saturated carbocycles.